The Morgan fingerprint density at radius 3 is 2.67 bits per heavy atom. The summed E-state index contributed by atoms with van der Waals surface area (Å²) in [6.45, 7) is 0. The molecule has 2 nitrogen and oxygen atoms in total. The van der Waals surface area contributed by atoms with Crippen LogP contribution in [0.25, 0.3) is 6.08 Å². The van der Waals surface area contributed by atoms with Gasteiger partial charge in [0.05, 0.1) is 4.91 Å². The highest BCUT2D eigenvalue weighted by Crippen LogP contribution is 2.39. The Kier molecular flexibility index (Phi) is 2.94. The molecule has 0 N–H and O–H groups in total. The van der Waals surface area contributed by atoms with Gasteiger partial charge in [0.25, 0.3) is 0 Å². The quantitative estimate of drug-likeness (QED) is 0.734. The van der Waals surface area contributed by atoms with Crippen LogP contribution in [0.5, 0.6) is 0 Å². The average Bonchev–Trinajstić information content (AvgIpc) is 2.70. The molecule has 2 aromatic rings. The van der Waals surface area contributed by atoms with Crippen molar-refractivity contribution in [3.63, 3.8) is 0 Å². The summed E-state index contributed by atoms with van der Waals surface area (Å²) in [5.41, 5.74) is 1.51. The molecule has 1 aliphatic heterocycles. The van der Waals surface area contributed by atoms with Gasteiger partial charge in [-0.15, -0.1) is 0 Å². The molecule has 0 aliphatic carbocycles. The largest absolute Gasteiger partial charge is 0.286 e. The lowest BCUT2D eigenvalue weighted by Gasteiger charge is -1.96. The fourth-order valence-electron chi connectivity index (χ4n) is 1.73. The van der Waals surface area contributed by atoms with Crippen LogP contribution in [0.15, 0.2) is 52.4 Å². The van der Waals surface area contributed by atoms with Crippen LogP contribution in [0, 0.1) is 0 Å². The summed E-state index contributed by atoms with van der Waals surface area (Å²) < 4.78 is 0. The zero-order valence-corrected chi connectivity index (χ0v) is 10.8. The Labute approximate surface area is 114 Å². The second-order valence-corrected chi connectivity index (χ2v) is 5.36. The molecule has 4 heteroatoms. The molecule has 18 heavy (non-hydrogen) atoms. The zero-order chi connectivity index (χ0) is 12.5. The number of carbonyl (C=O) groups is 1. The molecule has 2 heterocycles. The smallest absolute Gasteiger partial charge is 0.219 e. The van der Waals surface area contributed by atoms with E-state index in [-0.39, 0.29) is 5.78 Å². The van der Waals surface area contributed by atoms with Gasteiger partial charge < -0.3 is 0 Å². The van der Waals surface area contributed by atoms with Crippen LogP contribution >= 0.6 is 23.4 Å². The van der Waals surface area contributed by atoms with Crippen LogP contribution in [0.1, 0.15) is 16.1 Å². The normalized spacial score (nSPS) is 16.1. The summed E-state index contributed by atoms with van der Waals surface area (Å²) in [6, 6.07) is 11.1. The molecule has 88 valence electrons. The standard InChI is InChI=1S/C14H8ClNOS/c15-10-5-3-9(4-6-10)8-12-14(17)13-11(18-12)2-1-7-16-13/h1-8H. The first-order chi connectivity index (χ1) is 8.74. The monoisotopic (exact) mass is 273 g/mol. The van der Waals surface area contributed by atoms with Crippen LogP contribution in [0.4, 0.5) is 0 Å². The number of rotatable bonds is 1. The van der Waals surface area contributed by atoms with Crippen molar-refractivity contribution in [3.05, 3.63) is 63.8 Å². The molecular formula is C14H8ClNOS. The number of hydrogen-bond donors (Lipinski definition) is 0. The van der Waals surface area contributed by atoms with Gasteiger partial charge in [-0.05, 0) is 35.9 Å². The van der Waals surface area contributed by atoms with Gasteiger partial charge >= 0.3 is 0 Å². The molecule has 0 radical (unpaired) electrons. The third kappa shape index (κ3) is 2.07. The van der Waals surface area contributed by atoms with Crippen molar-refractivity contribution in [2.24, 2.45) is 0 Å². The van der Waals surface area contributed by atoms with Gasteiger partial charge in [0, 0.05) is 16.1 Å². The van der Waals surface area contributed by atoms with Crippen molar-refractivity contribution in [3.8, 4) is 0 Å². The lowest BCUT2D eigenvalue weighted by Crippen LogP contribution is -1.96. The Hall–Kier alpha value is -1.58. The Morgan fingerprint density at radius 1 is 1.17 bits per heavy atom. The molecule has 1 aliphatic rings. The first-order valence-corrected chi connectivity index (χ1v) is 6.58. The minimum absolute atomic E-state index is 0.00875. The van der Waals surface area contributed by atoms with E-state index in [1.54, 1.807) is 6.20 Å². The zero-order valence-electron chi connectivity index (χ0n) is 9.26. The summed E-state index contributed by atoms with van der Waals surface area (Å²) in [5, 5.41) is 0.688. The van der Waals surface area contributed by atoms with Crippen molar-refractivity contribution in [1.29, 1.82) is 0 Å². The maximum Gasteiger partial charge on any atom is 0.219 e. The van der Waals surface area contributed by atoms with Crippen molar-refractivity contribution in [2.45, 2.75) is 4.90 Å². The van der Waals surface area contributed by atoms with Gasteiger partial charge in [-0.2, -0.15) is 0 Å². The summed E-state index contributed by atoms with van der Waals surface area (Å²) in [4.78, 5) is 17.8. The maximum atomic E-state index is 12.1. The number of aromatic nitrogens is 1. The van der Waals surface area contributed by atoms with Crippen LogP contribution in [0.3, 0.4) is 0 Å². The maximum absolute atomic E-state index is 12.1. The third-order valence-electron chi connectivity index (χ3n) is 2.60. The lowest BCUT2D eigenvalue weighted by atomic mass is 10.1. The molecule has 1 aromatic carbocycles. The molecule has 0 bridgehead atoms. The van der Waals surface area contributed by atoms with Crippen molar-refractivity contribution in [1.82, 2.24) is 4.98 Å². The van der Waals surface area contributed by atoms with Gasteiger partial charge in [0.2, 0.25) is 5.78 Å². The topological polar surface area (TPSA) is 30.0 Å². The van der Waals surface area contributed by atoms with Crippen LogP contribution < -0.4 is 0 Å². The fraction of sp³-hybridized carbons (Fsp3) is 0. The molecule has 1 aromatic heterocycles. The second-order valence-electron chi connectivity index (χ2n) is 3.84. The number of halogens is 1. The number of benzene rings is 1. The van der Waals surface area contributed by atoms with Crippen molar-refractivity contribution >= 4 is 35.2 Å². The highest BCUT2D eigenvalue weighted by atomic mass is 35.5. The Bertz CT molecular complexity index is 649. The van der Waals surface area contributed by atoms with E-state index >= 15 is 0 Å². The number of Topliss-reactive ketones (excluding diaryl/α,β-unsaturated/α-hetero) is 1. The van der Waals surface area contributed by atoms with Gasteiger partial charge in [-0.25, -0.2) is 0 Å². The van der Waals surface area contributed by atoms with E-state index < -0.39 is 0 Å². The van der Waals surface area contributed by atoms with Gasteiger partial charge in [-0.1, -0.05) is 35.5 Å². The summed E-state index contributed by atoms with van der Waals surface area (Å²) in [6.07, 6.45) is 3.51. The predicted octanol–water partition coefficient (Wildman–Crippen LogP) is 4.06. The van der Waals surface area contributed by atoms with E-state index in [0.717, 1.165) is 10.5 Å². The van der Waals surface area contributed by atoms with E-state index in [9.17, 15) is 4.79 Å². The Balaban J connectivity index is 1.97. The number of thioether (sulfide) groups is 1. The number of carbonyl (C=O) groups excluding carboxylic acids is 1. The SMILES string of the molecule is O=C1C(=Cc2ccc(Cl)cc2)Sc2cccnc21. The lowest BCUT2D eigenvalue weighted by molar-refractivity contribution is 0.103. The number of pyridine rings is 1. The highest BCUT2D eigenvalue weighted by Gasteiger charge is 2.26. The molecule has 0 unspecified atom stereocenters. The van der Waals surface area contributed by atoms with Crippen LogP contribution in [-0.2, 0) is 0 Å². The molecule has 0 fully saturated rings. The molecule has 0 saturated carbocycles. The van der Waals surface area contributed by atoms with E-state index in [1.807, 2.05) is 42.5 Å². The summed E-state index contributed by atoms with van der Waals surface area (Å²) in [5.74, 6) is -0.00875. The molecular weight excluding hydrogens is 266 g/mol. The van der Waals surface area contributed by atoms with E-state index in [1.165, 1.54) is 11.8 Å². The molecule has 0 saturated heterocycles. The fourth-order valence-corrected chi connectivity index (χ4v) is 2.87. The van der Waals surface area contributed by atoms with E-state index in [2.05, 4.69) is 4.98 Å². The minimum Gasteiger partial charge on any atom is -0.286 e. The second kappa shape index (κ2) is 4.59. The van der Waals surface area contributed by atoms with Crippen LogP contribution in [0.2, 0.25) is 5.02 Å². The number of fused-ring (bicyclic) bond motifs is 1. The molecule has 0 amide bonds. The molecule has 0 spiro atoms. The first kappa shape index (κ1) is 11.5. The predicted molar refractivity (Wildman–Crippen MR) is 73.9 cm³/mol. The van der Waals surface area contributed by atoms with E-state index in [4.69, 9.17) is 11.6 Å². The number of ketones is 1. The van der Waals surface area contributed by atoms with Gasteiger partial charge in [-0.3, -0.25) is 9.78 Å². The Morgan fingerprint density at radius 2 is 1.94 bits per heavy atom. The minimum atomic E-state index is -0.00875. The molecule has 0 atom stereocenters. The highest BCUT2D eigenvalue weighted by molar-refractivity contribution is 8.04. The third-order valence-corrected chi connectivity index (χ3v) is 3.92. The summed E-state index contributed by atoms with van der Waals surface area (Å²) in [7, 11) is 0. The van der Waals surface area contributed by atoms with Gasteiger partial charge in [0.15, 0.2) is 0 Å². The first-order valence-electron chi connectivity index (χ1n) is 5.39. The van der Waals surface area contributed by atoms with Gasteiger partial charge in [0.1, 0.15) is 5.69 Å². The van der Waals surface area contributed by atoms with Crippen molar-refractivity contribution in [2.75, 3.05) is 0 Å². The van der Waals surface area contributed by atoms with Crippen molar-refractivity contribution < 1.29 is 4.79 Å². The summed E-state index contributed by atoms with van der Waals surface area (Å²) >= 11 is 7.29. The van der Waals surface area contributed by atoms with E-state index in [0.29, 0.717) is 15.6 Å². The number of allylic oxidation sites excluding steroid dienone is 1. The van der Waals surface area contributed by atoms with Crippen LogP contribution in [-0.4, -0.2) is 10.8 Å². The molecule has 3 rings (SSSR count). The average molecular weight is 274 g/mol. The number of nitrogens with zero attached hydrogens (tertiary/aromatic N) is 1. The number of hydrogen-bond acceptors (Lipinski definition) is 3.